The minimum atomic E-state index is -0.560. The number of hydrogen-bond donors (Lipinski definition) is 2. The van der Waals surface area contributed by atoms with E-state index in [2.05, 4.69) is 20.6 Å². The predicted octanol–water partition coefficient (Wildman–Crippen LogP) is 6.10. The summed E-state index contributed by atoms with van der Waals surface area (Å²) in [7, 11) is 1.61. The molecule has 240 valence electrons. The predicted molar refractivity (Wildman–Crippen MR) is 178 cm³/mol. The number of hydrogen-bond acceptors (Lipinski definition) is 9. The molecule has 3 amide bonds. The molecule has 0 aliphatic carbocycles. The normalized spacial score (nSPS) is 16.8. The lowest BCUT2D eigenvalue weighted by atomic mass is 10.1. The lowest BCUT2D eigenvalue weighted by molar-refractivity contribution is -0.130. The zero-order valence-electron chi connectivity index (χ0n) is 25.2. The quantitative estimate of drug-likeness (QED) is 0.184. The van der Waals surface area contributed by atoms with Crippen LogP contribution < -0.4 is 25.0 Å². The van der Waals surface area contributed by atoms with Gasteiger partial charge in [-0.1, -0.05) is 35.9 Å². The number of nitrogens with zero attached hydrogens (tertiary/aromatic N) is 3. The van der Waals surface area contributed by atoms with Gasteiger partial charge in [0.2, 0.25) is 0 Å². The maximum absolute atomic E-state index is 12.7. The third-order valence-electron chi connectivity index (χ3n) is 7.57. The van der Waals surface area contributed by atoms with E-state index in [9.17, 15) is 9.59 Å². The summed E-state index contributed by atoms with van der Waals surface area (Å²) in [6, 6.07) is 19.3. The van der Waals surface area contributed by atoms with Crippen molar-refractivity contribution in [2.45, 2.75) is 11.8 Å². The molecule has 6 rings (SSSR count). The Morgan fingerprint density at radius 3 is 2.65 bits per heavy atom. The molecule has 2 fully saturated rings. The fraction of sp³-hybridized carbons (Fsp3) is 0.303. The summed E-state index contributed by atoms with van der Waals surface area (Å²) in [5, 5.41) is 4.79. The fourth-order valence-electron chi connectivity index (χ4n) is 5.23. The Morgan fingerprint density at radius 2 is 1.87 bits per heavy atom. The molecule has 1 atom stereocenters. The molecule has 0 radical (unpaired) electrons. The fourth-order valence-corrected chi connectivity index (χ4v) is 6.52. The van der Waals surface area contributed by atoms with Gasteiger partial charge in [0.1, 0.15) is 16.9 Å². The maximum atomic E-state index is 12.7. The Hall–Kier alpha value is -4.23. The largest absolute Gasteiger partial charge is 0.493 e. The van der Waals surface area contributed by atoms with Gasteiger partial charge in [-0.2, -0.15) is 0 Å². The molecule has 2 N–H and O–H groups in total. The molecule has 4 aromatic rings. The van der Waals surface area contributed by atoms with Crippen LogP contribution >= 0.6 is 23.4 Å². The van der Waals surface area contributed by atoms with Crippen LogP contribution in [0.15, 0.2) is 72.9 Å². The molecular formula is C33H34ClN5O6S. The molecule has 11 nitrogen and oxygen atoms in total. The molecule has 46 heavy (non-hydrogen) atoms. The van der Waals surface area contributed by atoms with E-state index in [1.54, 1.807) is 43.6 Å². The number of amides is 3. The van der Waals surface area contributed by atoms with Gasteiger partial charge in [-0.25, -0.2) is 15.2 Å². The van der Waals surface area contributed by atoms with E-state index in [-0.39, 0.29) is 11.7 Å². The average molecular weight is 664 g/mol. The van der Waals surface area contributed by atoms with E-state index in [1.165, 1.54) is 16.8 Å². The number of nitrogens with one attached hydrogen (secondary N) is 2. The first-order valence-corrected chi connectivity index (χ1v) is 16.3. The van der Waals surface area contributed by atoms with Gasteiger partial charge in [0, 0.05) is 37.3 Å². The van der Waals surface area contributed by atoms with Crippen LogP contribution in [-0.2, 0) is 9.53 Å². The molecule has 13 heteroatoms. The zero-order chi connectivity index (χ0) is 31.9. The number of aromatic nitrogens is 1. The number of ether oxygens (including phenoxy) is 4. The SMILES string of the molecule is COc1cc2c(Oc3ccc(C4SCC(=O)N4NC(=O)Nc4ccccc4Cl)cc3)ccnc2cc1OCCCN1CCOCC1. The van der Waals surface area contributed by atoms with E-state index in [4.69, 9.17) is 30.5 Å². The topological polar surface area (TPSA) is 114 Å². The molecule has 1 unspecified atom stereocenters. The number of urea groups is 1. The minimum Gasteiger partial charge on any atom is -0.493 e. The number of carbonyl (C=O) groups excluding carboxylic acids is 2. The second kappa shape index (κ2) is 14.9. The molecule has 1 aromatic heterocycles. The van der Waals surface area contributed by atoms with E-state index in [0.717, 1.165) is 55.7 Å². The summed E-state index contributed by atoms with van der Waals surface area (Å²) >= 11 is 7.57. The first-order valence-electron chi connectivity index (χ1n) is 14.9. The lowest BCUT2D eigenvalue weighted by Gasteiger charge is -2.26. The summed E-state index contributed by atoms with van der Waals surface area (Å²) < 4.78 is 23.4. The van der Waals surface area contributed by atoms with Gasteiger partial charge >= 0.3 is 6.03 Å². The standard InChI is InChI=1S/C33H34ClN5O6S/c1-42-29-19-24-27(20-30(29)44-16-4-13-38-14-17-43-18-15-38)35-12-11-28(24)45-23-9-7-22(8-10-23)32-39(31(40)21-46-32)37-33(41)36-26-6-3-2-5-25(26)34/h2-3,5-12,19-20,32H,4,13-18,21H2,1H3,(H2,36,37,41). The Labute approximate surface area is 276 Å². The van der Waals surface area contributed by atoms with Crippen LogP contribution in [-0.4, -0.2) is 79.1 Å². The molecule has 0 saturated carbocycles. The monoisotopic (exact) mass is 663 g/mol. The number of hydrazine groups is 1. The number of para-hydroxylation sites is 1. The summed E-state index contributed by atoms with van der Waals surface area (Å²) in [6.07, 6.45) is 2.59. The molecule has 0 spiro atoms. The second-order valence-electron chi connectivity index (χ2n) is 10.6. The van der Waals surface area contributed by atoms with Crippen LogP contribution in [0, 0.1) is 0 Å². The molecule has 0 bridgehead atoms. The zero-order valence-corrected chi connectivity index (χ0v) is 26.8. The van der Waals surface area contributed by atoms with Gasteiger partial charge in [0.15, 0.2) is 11.5 Å². The van der Waals surface area contributed by atoms with Crippen molar-refractivity contribution in [1.29, 1.82) is 0 Å². The van der Waals surface area contributed by atoms with Crippen molar-refractivity contribution in [3.05, 3.63) is 83.5 Å². The van der Waals surface area contributed by atoms with Gasteiger partial charge in [0.25, 0.3) is 5.91 Å². The summed E-state index contributed by atoms with van der Waals surface area (Å²) in [6.45, 7) is 4.98. The van der Waals surface area contributed by atoms with Crippen molar-refractivity contribution in [1.82, 2.24) is 20.3 Å². The Morgan fingerprint density at radius 1 is 1.07 bits per heavy atom. The third-order valence-corrected chi connectivity index (χ3v) is 9.11. The van der Waals surface area contributed by atoms with Crippen molar-refractivity contribution in [2.24, 2.45) is 0 Å². The van der Waals surface area contributed by atoms with Crippen LogP contribution in [0.25, 0.3) is 10.9 Å². The van der Waals surface area contributed by atoms with E-state index in [0.29, 0.717) is 40.3 Å². The van der Waals surface area contributed by atoms with Gasteiger partial charge in [-0.3, -0.25) is 14.7 Å². The first-order chi connectivity index (χ1) is 22.5. The number of pyridine rings is 1. The third kappa shape index (κ3) is 7.59. The molecule has 2 aliphatic rings. The smallest absolute Gasteiger partial charge is 0.338 e. The molecule has 2 saturated heterocycles. The number of carbonyl (C=O) groups is 2. The van der Waals surface area contributed by atoms with Crippen LogP contribution in [0.2, 0.25) is 5.02 Å². The number of fused-ring (bicyclic) bond motifs is 1. The summed E-state index contributed by atoms with van der Waals surface area (Å²) in [4.78, 5) is 32.2. The number of rotatable bonds is 11. The number of morpholine rings is 1. The van der Waals surface area contributed by atoms with Crippen molar-refractivity contribution >= 4 is 51.9 Å². The number of thioether (sulfide) groups is 1. The van der Waals surface area contributed by atoms with Crippen LogP contribution in [0.3, 0.4) is 0 Å². The van der Waals surface area contributed by atoms with Gasteiger partial charge < -0.3 is 24.3 Å². The van der Waals surface area contributed by atoms with Crippen LogP contribution in [0.1, 0.15) is 17.4 Å². The lowest BCUT2D eigenvalue weighted by Crippen LogP contribution is -2.46. The molecule has 2 aliphatic heterocycles. The van der Waals surface area contributed by atoms with Crippen molar-refractivity contribution < 1.29 is 28.5 Å². The van der Waals surface area contributed by atoms with E-state index >= 15 is 0 Å². The van der Waals surface area contributed by atoms with Gasteiger partial charge in [0.05, 0.1) is 48.9 Å². The highest BCUT2D eigenvalue weighted by Gasteiger charge is 2.34. The van der Waals surface area contributed by atoms with E-state index in [1.807, 2.05) is 36.4 Å². The molecule has 3 heterocycles. The maximum Gasteiger partial charge on any atom is 0.338 e. The second-order valence-corrected chi connectivity index (χ2v) is 12.1. The van der Waals surface area contributed by atoms with Gasteiger partial charge in [-0.15, -0.1) is 11.8 Å². The Bertz CT molecular complexity index is 1690. The Kier molecular flexibility index (Phi) is 10.3. The van der Waals surface area contributed by atoms with Crippen LogP contribution in [0.4, 0.5) is 10.5 Å². The molecular weight excluding hydrogens is 630 g/mol. The number of halogens is 1. The minimum absolute atomic E-state index is 0.206. The van der Waals surface area contributed by atoms with E-state index < -0.39 is 11.4 Å². The Balaban J connectivity index is 1.10. The molecule has 3 aromatic carbocycles. The average Bonchev–Trinajstić information content (AvgIpc) is 3.44. The number of methoxy groups -OCH3 is 1. The summed E-state index contributed by atoms with van der Waals surface area (Å²) in [5.74, 6) is 2.47. The highest BCUT2D eigenvalue weighted by molar-refractivity contribution is 8.00. The highest BCUT2D eigenvalue weighted by Crippen LogP contribution is 2.40. The first kappa shape index (κ1) is 31.7. The van der Waals surface area contributed by atoms with Crippen molar-refractivity contribution in [2.75, 3.05) is 57.6 Å². The number of benzene rings is 3. The summed E-state index contributed by atoms with van der Waals surface area (Å²) in [5.41, 5.74) is 4.66. The van der Waals surface area contributed by atoms with Crippen LogP contribution in [0.5, 0.6) is 23.0 Å². The highest BCUT2D eigenvalue weighted by atomic mass is 35.5. The van der Waals surface area contributed by atoms with Crippen molar-refractivity contribution in [3.8, 4) is 23.0 Å². The van der Waals surface area contributed by atoms with Gasteiger partial charge in [-0.05, 0) is 48.4 Å². The number of anilines is 1. The van der Waals surface area contributed by atoms with Crippen molar-refractivity contribution in [3.63, 3.8) is 0 Å².